The van der Waals surface area contributed by atoms with Crippen LogP contribution in [0.5, 0.6) is 0 Å². The highest BCUT2D eigenvalue weighted by atomic mass is 15.1. The Morgan fingerprint density at radius 1 is 0.862 bits per heavy atom. The molecule has 1 aromatic carbocycles. The fraction of sp³-hybridized carbons (Fsp3) is 0.360. The van der Waals surface area contributed by atoms with Gasteiger partial charge in [0.05, 0.1) is 28.4 Å². The molecule has 0 spiro atoms. The summed E-state index contributed by atoms with van der Waals surface area (Å²) in [6.45, 7) is 10.9. The molecular formula is C25H28N4. The van der Waals surface area contributed by atoms with E-state index in [2.05, 4.69) is 66.4 Å². The van der Waals surface area contributed by atoms with E-state index in [4.69, 9.17) is 4.98 Å². The van der Waals surface area contributed by atoms with E-state index in [0.29, 0.717) is 0 Å². The van der Waals surface area contributed by atoms with Crippen molar-refractivity contribution in [3.8, 4) is 11.1 Å². The van der Waals surface area contributed by atoms with Gasteiger partial charge in [-0.3, -0.25) is 9.97 Å². The number of piperidine rings is 1. The second-order valence-electron chi connectivity index (χ2n) is 8.51. The topological polar surface area (TPSA) is 33.4 Å². The molecule has 4 aromatic rings. The molecule has 0 unspecified atom stereocenters. The van der Waals surface area contributed by atoms with E-state index in [1.165, 1.54) is 58.3 Å². The lowest BCUT2D eigenvalue weighted by atomic mass is 9.93. The van der Waals surface area contributed by atoms with Gasteiger partial charge in [-0.05, 0) is 69.7 Å². The highest BCUT2D eigenvalue weighted by molar-refractivity contribution is 6.08. The number of hydrogen-bond donors (Lipinski definition) is 0. The van der Waals surface area contributed by atoms with E-state index in [0.717, 1.165) is 29.8 Å². The van der Waals surface area contributed by atoms with E-state index >= 15 is 0 Å². The summed E-state index contributed by atoms with van der Waals surface area (Å²) in [6, 6.07) is 6.81. The molecule has 1 fully saturated rings. The molecular weight excluding hydrogens is 356 g/mol. The van der Waals surface area contributed by atoms with Crippen molar-refractivity contribution < 1.29 is 0 Å². The summed E-state index contributed by atoms with van der Waals surface area (Å²) in [5.74, 6) is 0. The first-order valence-corrected chi connectivity index (χ1v) is 10.6. The number of aryl methyl sites for hydroxylation is 4. The summed E-state index contributed by atoms with van der Waals surface area (Å²) in [4.78, 5) is 12.1. The first-order valence-electron chi connectivity index (χ1n) is 10.6. The number of anilines is 1. The Balaban J connectivity index is 1.91. The Labute approximate surface area is 172 Å². The van der Waals surface area contributed by atoms with Crippen molar-refractivity contribution in [3.63, 3.8) is 0 Å². The van der Waals surface area contributed by atoms with E-state index in [-0.39, 0.29) is 0 Å². The van der Waals surface area contributed by atoms with Crippen LogP contribution in [0.25, 0.3) is 27.7 Å². The van der Waals surface area contributed by atoms with E-state index in [9.17, 15) is 0 Å². The van der Waals surface area contributed by atoms with Crippen molar-refractivity contribution in [3.05, 3.63) is 59.2 Å². The van der Waals surface area contributed by atoms with Gasteiger partial charge in [-0.1, -0.05) is 17.7 Å². The van der Waals surface area contributed by atoms with Crippen LogP contribution in [-0.2, 0) is 0 Å². The summed E-state index contributed by atoms with van der Waals surface area (Å²) in [6.07, 6.45) is 9.81. The van der Waals surface area contributed by atoms with Crippen LogP contribution < -0.4 is 4.90 Å². The van der Waals surface area contributed by atoms with Gasteiger partial charge in [0, 0.05) is 36.7 Å². The SMILES string of the molecule is Cc1cc(C)c(-c2c3nc(C)cc(N4CCCCC4)c3n3ccncc23)c(C)c1. The zero-order valence-electron chi connectivity index (χ0n) is 17.8. The van der Waals surface area contributed by atoms with Crippen LogP contribution in [-0.4, -0.2) is 27.5 Å². The van der Waals surface area contributed by atoms with Crippen LogP contribution in [0.15, 0.2) is 36.8 Å². The lowest BCUT2D eigenvalue weighted by Crippen LogP contribution is -2.29. The molecule has 148 valence electrons. The highest BCUT2D eigenvalue weighted by Gasteiger charge is 2.23. The van der Waals surface area contributed by atoms with Crippen molar-refractivity contribution in [2.75, 3.05) is 18.0 Å². The molecule has 5 rings (SSSR count). The molecule has 3 aromatic heterocycles. The first kappa shape index (κ1) is 18.2. The molecule has 1 saturated heterocycles. The molecule has 0 amide bonds. The molecule has 29 heavy (non-hydrogen) atoms. The molecule has 4 heterocycles. The van der Waals surface area contributed by atoms with Gasteiger partial charge < -0.3 is 9.30 Å². The number of hydrogen-bond acceptors (Lipinski definition) is 3. The molecule has 0 atom stereocenters. The van der Waals surface area contributed by atoms with Crippen LogP contribution in [0.3, 0.4) is 0 Å². The van der Waals surface area contributed by atoms with Crippen molar-refractivity contribution >= 4 is 22.2 Å². The minimum Gasteiger partial charge on any atom is -0.370 e. The summed E-state index contributed by atoms with van der Waals surface area (Å²) in [7, 11) is 0. The average Bonchev–Trinajstić information content (AvgIpc) is 3.01. The zero-order valence-corrected chi connectivity index (χ0v) is 17.8. The minimum atomic E-state index is 1.07. The van der Waals surface area contributed by atoms with Crippen LogP contribution in [0, 0.1) is 27.7 Å². The fourth-order valence-corrected chi connectivity index (χ4v) is 5.12. The fourth-order valence-electron chi connectivity index (χ4n) is 5.12. The number of fused-ring (bicyclic) bond motifs is 3. The smallest absolute Gasteiger partial charge is 0.0994 e. The maximum atomic E-state index is 5.07. The van der Waals surface area contributed by atoms with Crippen LogP contribution in [0.2, 0.25) is 0 Å². The Hall–Kier alpha value is -2.88. The molecule has 0 N–H and O–H groups in total. The largest absolute Gasteiger partial charge is 0.370 e. The second kappa shape index (κ2) is 6.87. The predicted molar refractivity (Wildman–Crippen MR) is 121 cm³/mol. The summed E-state index contributed by atoms with van der Waals surface area (Å²) >= 11 is 0. The Kier molecular flexibility index (Phi) is 4.30. The van der Waals surface area contributed by atoms with E-state index in [1.807, 2.05) is 12.4 Å². The van der Waals surface area contributed by atoms with Gasteiger partial charge in [0.2, 0.25) is 0 Å². The summed E-state index contributed by atoms with van der Waals surface area (Å²) in [5.41, 5.74) is 12.2. The number of pyridine rings is 1. The normalized spacial score (nSPS) is 14.8. The average molecular weight is 385 g/mol. The van der Waals surface area contributed by atoms with Gasteiger partial charge >= 0.3 is 0 Å². The van der Waals surface area contributed by atoms with Gasteiger partial charge in [0.25, 0.3) is 0 Å². The van der Waals surface area contributed by atoms with Crippen LogP contribution in [0.4, 0.5) is 5.69 Å². The molecule has 0 aliphatic carbocycles. The lowest BCUT2D eigenvalue weighted by molar-refractivity contribution is 0.578. The Morgan fingerprint density at radius 3 is 2.31 bits per heavy atom. The summed E-state index contributed by atoms with van der Waals surface area (Å²) < 4.78 is 2.30. The monoisotopic (exact) mass is 384 g/mol. The van der Waals surface area contributed by atoms with Crippen molar-refractivity contribution in [2.24, 2.45) is 0 Å². The van der Waals surface area contributed by atoms with E-state index < -0.39 is 0 Å². The Morgan fingerprint density at radius 2 is 1.59 bits per heavy atom. The van der Waals surface area contributed by atoms with E-state index in [1.54, 1.807) is 0 Å². The van der Waals surface area contributed by atoms with Gasteiger partial charge in [-0.25, -0.2) is 0 Å². The molecule has 4 nitrogen and oxygen atoms in total. The van der Waals surface area contributed by atoms with Crippen LogP contribution in [0.1, 0.15) is 41.6 Å². The maximum absolute atomic E-state index is 5.07. The standard InChI is InChI=1S/C25H28N4/c1-16-12-17(2)22(18(3)13-16)23-21-15-26-8-11-29(21)25-20(14-19(4)27-24(23)25)28-9-6-5-7-10-28/h8,11-15H,5-7,9-10H2,1-4H3. The van der Waals surface area contributed by atoms with Gasteiger partial charge in [0.1, 0.15) is 0 Å². The van der Waals surface area contributed by atoms with Crippen LogP contribution >= 0.6 is 0 Å². The molecule has 0 radical (unpaired) electrons. The third-order valence-corrected chi connectivity index (χ3v) is 6.22. The number of benzene rings is 1. The number of aromatic nitrogens is 3. The van der Waals surface area contributed by atoms with Crippen molar-refractivity contribution in [1.29, 1.82) is 0 Å². The maximum Gasteiger partial charge on any atom is 0.0994 e. The predicted octanol–water partition coefficient (Wildman–Crippen LogP) is 5.77. The number of rotatable bonds is 2. The highest BCUT2D eigenvalue weighted by Crippen LogP contribution is 2.41. The first-order chi connectivity index (χ1) is 14.0. The molecule has 1 aliphatic heterocycles. The Bertz CT molecular complexity index is 1210. The third kappa shape index (κ3) is 2.89. The quantitative estimate of drug-likeness (QED) is 0.440. The summed E-state index contributed by atoms with van der Waals surface area (Å²) in [5, 5.41) is 0. The van der Waals surface area contributed by atoms with Gasteiger partial charge in [-0.15, -0.1) is 0 Å². The molecule has 0 bridgehead atoms. The number of nitrogens with zero attached hydrogens (tertiary/aromatic N) is 4. The minimum absolute atomic E-state index is 1.07. The molecule has 4 heteroatoms. The molecule has 1 aliphatic rings. The van der Waals surface area contributed by atoms with Gasteiger partial charge in [-0.2, -0.15) is 0 Å². The lowest BCUT2D eigenvalue weighted by Gasteiger charge is -2.29. The third-order valence-electron chi connectivity index (χ3n) is 6.22. The zero-order chi connectivity index (χ0) is 20.1. The van der Waals surface area contributed by atoms with Crippen molar-refractivity contribution in [2.45, 2.75) is 47.0 Å². The molecule has 0 saturated carbocycles. The van der Waals surface area contributed by atoms with Crippen molar-refractivity contribution in [1.82, 2.24) is 14.4 Å². The second-order valence-corrected chi connectivity index (χ2v) is 8.51. The van der Waals surface area contributed by atoms with Gasteiger partial charge in [0.15, 0.2) is 0 Å².